The van der Waals surface area contributed by atoms with Crippen LogP contribution < -0.4 is 10.6 Å². The molecule has 1 aliphatic rings. The van der Waals surface area contributed by atoms with E-state index in [4.69, 9.17) is 16.3 Å². The second kappa shape index (κ2) is 9.45. The topological polar surface area (TPSA) is 83.6 Å². The number of ether oxygens (including phenoxy) is 1. The van der Waals surface area contributed by atoms with Crippen LogP contribution in [0.15, 0.2) is 42.6 Å². The number of halogens is 1. The number of aromatic nitrogens is 1. The van der Waals surface area contributed by atoms with Gasteiger partial charge in [0.2, 0.25) is 0 Å². The van der Waals surface area contributed by atoms with E-state index in [9.17, 15) is 9.59 Å². The van der Waals surface area contributed by atoms with Crippen LogP contribution in [0.2, 0.25) is 5.15 Å². The van der Waals surface area contributed by atoms with E-state index in [-0.39, 0.29) is 17.0 Å². The molecule has 1 fully saturated rings. The number of anilines is 1. The highest BCUT2D eigenvalue weighted by Gasteiger charge is 2.11. The largest absolute Gasteiger partial charge is 0.379 e. The highest BCUT2D eigenvalue weighted by molar-refractivity contribution is 6.29. The lowest BCUT2D eigenvalue weighted by Crippen LogP contribution is -2.41. The Balaban J connectivity index is 1.48. The van der Waals surface area contributed by atoms with E-state index in [2.05, 4.69) is 20.5 Å². The fourth-order valence-corrected chi connectivity index (χ4v) is 2.88. The molecule has 2 amide bonds. The van der Waals surface area contributed by atoms with Gasteiger partial charge in [0.25, 0.3) is 11.8 Å². The van der Waals surface area contributed by atoms with E-state index in [0.717, 1.165) is 32.8 Å². The minimum Gasteiger partial charge on any atom is -0.379 e. The van der Waals surface area contributed by atoms with Crippen molar-refractivity contribution in [3.05, 3.63) is 58.9 Å². The van der Waals surface area contributed by atoms with Gasteiger partial charge in [-0.3, -0.25) is 14.5 Å². The lowest BCUT2D eigenvalue weighted by Gasteiger charge is -2.26. The van der Waals surface area contributed by atoms with Crippen LogP contribution in [0.3, 0.4) is 0 Å². The molecule has 2 heterocycles. The van der Waals surface area contributed by atoms with Crippen molar-refractivity contribution >= 4 is 29.1 Å². The molecule has 0 aliphatic carbocycles. The Hall–Kier alpha value is -2.48. The number of pyridine rings is 1. The summed E-state index contributed by atoms with van der Waals surface area (Å²) >= 11 is 5.79. The van der Waals surface area contributed by atoms with Gasteiger partial charge >= 0.3 is 0 Å². The molecule has 7 nitrogen and oxygen atoms in total. The van der Waals surface area contributed by atoms with Crippen molar-refractivity contribution in [2.24, 2.45) is 0 Å². The Labute approximate surface area is 162 Å². The number of nitrogens with zero attached hydrogens (tertiary/aromatic N) is 2. The van der Waals surface area contributed by atoms with Gasteiger partial charge in [-0.15, -0.1) is 0 Å². The molecule has 0 atom stereocenters. The Morgan fingerprint density at radius 2 is 1.81 bits per heavy atom. The Morgan fingerprint density at radius 1 is 1.07 bits per heavy atom. The monoisotopic (exact) mass is 388 g/mol. The standard InChI is InChI=1S/C19H21ClN4O3/c20-17-13-15(5-6-21-17)19(26)23-16-3-1-14(2-4-16)18(25)22-7-8-24-9-11-27-12-10-24/h1-6,13H,7-12H2,(H,22,25)(H,23,26). The summed E-state index contributed by atoms with van der Waals surface area (Å²) in [5.74, 6) is -0.427. The summed E-state index contributed by atoms with van der Waals surface area (Å²) in [7, 11) is 0. The maximum Gasteiger partial charge on any atom is 0.255 e. The minimum atomic E-state index is -0.290. The molecule has 8 heteroatoms. The fourth-order valence-electron chi connectivity index (χ4n) is 2.71. The van der Waals surface area contributed by atoms with E-state index in [1.807, 2.05) is 0 Å². The van der Waals surface area contributed by atoms with Crippen LogP contribution in [-0.4, -0.2) is 61.1 Å². The number of nitrogens with one attached hydrogen (secondary N) is 2. The van der Waals surface area contributed by atoms with Gasteiger partial charge in [-0.25, -0.2) is 4.98 Å². The van der Waals surface area contributed by atoms with Crippen molar-refractivity contribution in [3.63, 3.8) is 0 Å². The Morgan fingerprint density at radius 3 is 2.52 bits per heavy atom. The molecule has 142 valence electrons. The second-order valence-electron chi connectivity index (χ2n) is 6.11. The normalized spacial score (nSPS) is 14.6. The predicted molar refractivity (Wildman–Crippen MR) is 103 cm³/mol. The number of carbonyl (C=O) groups excluding carboxylic acids is 2. The van der Waals surface area contributed by atoms with Crippen molar-refractivity contribution in [1.29, 1.82) is 0 Å². The van der Waals surface area contributed by atoms with Gasteiger partial charge in [0.15, 0.2) is 0 Å². The molecule has 27 heavy (non-hydrogen) atoms. The molecule has 0 spiro atoms. The first kappa shape index (κ1) is 19.3. The zero-order chi connectivity index (χ0) is 19.1. The lowest BCUT2D eigenvalue weighted by molar-refractivity contribution is 0.0383. The molecular formula is C19H21ClN4O3. The lowest BCUT2D eigenvalue weighted by atomic mass is 10.2. The van der Waals surface area contributed by atoms with Crippen LogP contribution in [0.4, 0.5) is 5.69 Å². The first-order chi connectivity index (χ1) is 13.1. The summed E-state index contributed by atoms with van der Waals surface area (Å²) in [5, 5.41) is 5.93. The maximum absolute atomic E-state index is 12.2. The SMILES string of the molecule is O=C(NCCN1CCOCC1)c1ccc(NC(=O)c2ccnc(Cl)c2)cc1. The van der Waals surface area contributed by atoms with Gasteiger partial charge in [0.1, 0.15) is 5.15 Å². The zero-order valence-electron chi connectivity index (χ0n) is 14.8. The molecule has 0 radical (unpaired) electrons. The fraction of sp³-hybridized carbons (Fsp3) is 0.316. The van der Waals surface area contributed by atoms with Crippen LogP contribution in [0.1, 0.15) is 20.7 Å². The quantitative estimate of drug-likeness (QED) is 0.740. The molecule has 1 aromatic heterocycles. The smallest absolute Gasteiger partial charge is 0.255 e. The van der Waals surface area contributed by atoms with Gasteiger partial charge in [-0.2, -0.15) is 0 Å². The number of hydrogen-bond acceptors (Lipinski definition) is 5. The molecule has 0 unspecified atom stereocenters. The van der Waals surface area contributed by atoms with E-state index < -0.39 is 0 Å². The zero-order valence-corrected chi connectivity index (χ0v) is 15.5. The van der Waals surface area contributed by atoms with Gasteiger partial charge in [-0.05, 0) is 36.4 Å². The van der Waals surface area contributed by atoms with Crippen molar-refractivity contribution < 1.29 is 14.3 Å². The molecule has 2 N–H and O–H groups in total. The number of amides is 2. The summed E-state index contributed by atoms with van der Waals surface area (Å²) in [6.07, 6.45) is 1.47. The van der Waals surface area contributed by atoms with Crippen molar-refractivity contribution in [2.75, 3.05) is 44.7 Å². The maximum atomic E-state index is 12.2. The van der Waals surface area contributed by atoms with E-state index >= 15 is 0 Å². The van der Waals surface area contributed by atoms with E-state index in [0.29, 0.717) is 23.4 Å². The van der Waals surface area contributed by atoms with Gasteiger partial charge in [0.05, 0.1) is 13.2 Å². The number of benzene rings is 1. The Bertz CT molecular complexity index is 792. The first-order valence-corrected chi connectivity index (χ1v) is 9.11. The molecule has 1 aromatic carbocycles. The second-order valence-corrected chi connectivity index (χ2v) is 6.50. The molecule has 1 aliphatic heterocycles. The third kappa shape index (κ3) is 5.75. The van der Waals surface area contributed by atoms with E-state index in [1.165, 1.54) is 12.3 Å². The van der Waals surface area contributed by atoms with Crippen molar-refractivity contribution in [3.8, 4) is 0 Å². The minimum absolute atomic E-state index is 0.137. The summed E-state index contributed by atoms with van der Waals surface area (Å²) in [5.41, 5.74) is 1.56. The summed E-state index contributed by atoms with van der Waals surface area (Å²) in [4.78, 5) is 30.5. The highest BCUT2D eigenvalue weighted by atomic mass is 35.5. The van der Waals surface area contributed by atoms with Crippen LogP contribution in [0, 0.1) is 0 Å². The van der Waals surface area contributed by atoms with E-state index in [1.54, 1.807) is 30.3 Å². The van der Waals surface area contributed by atoms with Crippen LogP contribution in [-0.2, 0) is 4.74 Å². The highest BCUT2D eigenvalue weighted by Crippen LogP contribution is 2.13. The van der Waals surface area contributed by atoms with Crippen LogP contribution in [0.5, 0.6) is 0 Å². The molecular weight excluding hydrogens is 368 g/mol. The van der Waals surface area contributed by atoms with Gasteiger partial charge < -0.3 is 15.4 Å². The van der Waals surface area contributed by atoms with Crippen molar-refractivity contribution in [1.82, 2.24) is 15.2 Å². The summed E-state index contributed by atoms with van der Waals surface area (Å²) < 4.78 is 5.30. The van der Waals surface area contributed by atoms with Gasteiger partial charge in [0, 0.05) is 49.2 Å². The average Bonchev–Trinajstić information content (AvgIpc) is 2.69. The van der Waals surface area contributed by atoms with Gasteiger partial charge in [-0.1, -0.05) is 11.6 Å². The predicted octanol–water partition coefficient (Wildman–Crippen LogP) is 2.05. The molecule has 0 bridgehead atoms. The average molecular weight is 389 g/mol. The number of morpholine rings is 1. The molecule has 2 aromatic rings. The van der Waals surface area contributed by atoms with Crippen LogP contribution in [0.25, 0.3) is 0 Å². The molecule has 0 saturated carbocycles. The van der Waals surface area contributed by atoms with Crippen molar-refractivity contribution in [2.45, 2.75) is 0 Å². The summed E-state index contributed by atoms with van der Waals surface area (Å²) in [6, 6.07) is 9.82. The number of hydrogen-bond donors (Lipinski definition) is 2. The first-order valence-electron chi connectivity index (χ1n) is 8.73. The molecule has 1 saturated heterocycles. The Kier molecular flexibility index (Phi) is 6.75. The van der Waals surface area contributed by atoms with Crippen LogP contribution >= 0.6 is 11.6 Å². The number of carbonyl (C=O) groups is 2. The number of rotatable bonds is 6. The third-order valence-electron chi connectivity index (χ3n) is 4.21. The third-order valence-corrected chi connectivity index (χ3v) is 4.42. The molecule has 3 rings (SSSR count). The summed E-state index contributed by atoms with van der Waals surface area (Å²) in [6.45, 7) is 4.66.